The molecule has 3 aromatic heterocycles. The molecule has 1 aromatic carbocycles. The van der Waals surface area contributed by atoms with Crippen LogP contribution in [0.4, 0.5) is 0 Å². The number of thiophene rings is 1. The molecule has 9 heteroatoms. The highest BCUT2D eigenvalue weighted by Gasteiger charge is 2.26. The minimum absolute atomic E-state index is 0.170. The lowest BCUT2D eigenvalue weighted by Crippen LogP contribution is -2.38. The van der Waals surface area contributed by atoms with Gasteiger partial charge in [0.15, 0.2) is 0 Å². The second kappa shape index (κ2) is 8.13. The van der Waals surface area contributed by atoms with Gasteiger partial charge in [0.1, 0.15) is 4.83 Å². The van der Waals surface area contributed by atoms with Gasteiger partial charge in [-0.3, -0.25) is 13.9 Å². The fourth-order valence-corrected chi connectivity index (χ4v) is 5.17. The number of aromatic nitrogens is 3. The largest absolute Gasteiger partial charge is 0.465 e. The maximum Gasteiger partial charge on any atom is 0.339 e. The van der Waals surface area contributed by atoms with Crippen LogP contribution in [-0.2, 0) is 24.9 Å². The van der Waals surface area contributed by atoms with Crippen LogP contribution in [0.3, 0.4) is 0 Å². The summed E-state index contributed by atoms with van der Waals surface area (Å²) in [5, 5.41) is 10.2. The minimum atomic E-state index is -0.610. The zero-order valence-electron chi connectivity index (χ0n) is 18.2. The molecule has 0 radical (unpaired) electrons. The second-order valence-corrected chi connectivity index (χ2v) is 9.14. The molecule has 0 aliphatic rings. The molecule has 0 aliphatic carbocycles. The number of hydrogen-bond donors (Lipinski definition) is 0. The molecule has 0 bridgehead atoms. The number of hydrogen-bond acceptors (Lipinski definition) is 6. The van der Waals surface area contributed by atoms with Crippen LogP contribution in [0.15, 0.2) is 40.1 Å². The summed E-state index contributed by atoms with van der Waals surface area (Å²) in [5.74, 6) is -0.440. The summed E-state index contributed by atoms with van der Waals surface area (Å²) in [6, 6.07) is 9.42. The summed E-state index contributed by atoms with van der Waals surface area (Å²) in [5.41, 5.74) is 0.735. The number of methoxy groups -OCH3 is 1. The van der Waals surface area contributed by atoms with Crippen molar-refractivity contribution in [2.75, 3.05) is 7.11 Å². The van der Waals surface area contributed by atoms with Crippen molar-refractivity contribution < 1.29 is 9.53 Å². The van der Waals surface area contributed by atoms with Crippen LogP contribution in [0.2, 0.25) is 0 Å². The summed E-state index contributed by atoms with van der Waals surface area (Å²) in [6.07, 6.45) is 1.87. The van der Waals surface area contributed by atoms with E-state index in [1.165, 1.54) is 25.5 Å². The van der Waals surface area contributed by atoms with Gasteiger partial charge in [0, 0.05) is 35.6 Å². The molecule has 0 saturated heterocycles. The number of esters is 1. The van der Waals surface area contributed by atoms with Crippen molar-refractivity contribution in [3.05, 3.63) is 67.3 Å². The molecule has 164 valence electrons. The molecule has 0 amide bonds. The monoisotopic (exact) mass is 450 g/mol. The van der Waals surface area contributed by atoms with Crippen LogP contribution in [-0.4, -0.2) is 26.8 Å². The Morgan fingerprint density at radius 1 is 1.25 bits per heavy atom. The number of benzene rings is 1. The predicted molar refractivity (Wildman–Crippen MR) is 123 cm³/mol. The summed E-state index contributed by atoms with van der Waals surface area (Å²) < 4.78 is 9.57. The fraction of sp³-hybridized carbons (Fsp3) is 0.304. The van der Waals surface area contributed by atoms with E-state index in [1.54, 1.807) is 16.7 Å². The van der Waals surface area contributed by atoms with Crippen molar-refractivity contribution in [3.63, 3.8) is 0 Å². The fourth-order valence-electron chi connectivity index (χ4n) is 3.89. The number of nitriles is 1. The quantitative estimate of drug-likeness (QED) is 0.435. The highest BCUT2D eigenvalue weighted by Crippen LogP contribution is 2.31. The molecule has 0 fully saturated rings. The molecule has 3 heterocycles. The minimum Gasteiger partial charge on any atom is -0.465 e. The molecular formula is C23H22N4O4S. The maximum atomic E-state index is 13.0. The average molecular weight is 451 g/mol. The molecule has 8 nitrogen and oxygen atoms in total. The van der Waals surface area contributed by atoms with Crippen LogP contribution >= 0.6 is 11.3 Å². The van der Waals surface area contributed by atoms with E-state index in [4.69, 9.17) is 10.00 Å². The van der Waals surface area contributed by atoms with Gasteiger partial charge in [0.25, 0.3) is 5.56 Å². The summed E-state index contributed by atoms with van der Waals surface area (Å²) >= 11 is 1.26. The van der Waals surface area contributed by atoms with Gasteiger partial charge in [-0.05, 0) is 30.2 Å². The Balaban J connectivity index is 1.98. The first-order chi connectivity index (χ1) is 15.3. The molecule has 4 aromatic rings. The number of carbonyl (C=O) groups is 1. The van der Waals surface area contributed by atoms with Gasteiger partial charge in [-0.2, -0.15) is 5.26 Å². The third-order valence-corrected chi connectivity index (χ3v) is 6.59. The Morgan fingerprint density at radius 2 is 2.00 bits per heavy atom. The molecule has 0 aliphatic heterocycles. The lowest BCUT2D eigenvalue weighted by molar-refractivity contribution is 0.0602. The number of carbonyl (C=O) groups excluding carboxylic acids is 1. The zero-order chi connectivity index (χ0) is 23.2. The van der Waals surface area contributed by atoms with Crippen molar-refractivity contribution in [3.8, 4) is 6.07 Å². The van der Waals surface area contributed by atoms with E-state index < -0.39 is 17.2 Å². The lowest BCUT2D eigenvalue weighted by Gasteiger charge is -2.11. The lowest BCUT2D eigenvalue weighted by atomic mass is 10.1. The highest BCUT2D eigenvalue weighted by molar-refractivity contribution is 7.19. The van der Waals surface area contributed by atoms with Crippen molar-refractivity contribution in [1.29, 1.82) is 5.26 Å². The third-order valence-electron chi connectivity index (χ3n) is 5.40. The Morgan fingerprint density at radius 3 is 2.66 bits per heavy atom. The van der Waals surface area contributed by atoms with E-state index >= 15 is 0 Å². The van der Waals surface area contributed by atoms with E-state index in [2.05, 4.69) is 6.07 Å². The third kappa shape index (κ3) is 3.42. The van der Waals surface area contributed by atoms with E-state index in [1.807, 2.05) is 36.7 Å². The SMILES string of the molecule is COC(=O)c1c(Cn2ccc3cc(C#N)ccc32)sc2c1c(=O)n(C)c(=O)n2CC(C)C. The van der Waals surface area contributed by atoms with Crippen molar-refractivity contribution in [1.82, 2.24) is 13.7 Å². The highest BCUT2D eigenvalue weighted by atomic mass is 32.1. The van der Waals surface area contributed by atoms with Gasteiger partial charge in [0.05, 0.1) is 36.2 Å². The van der Waals surface area contributed by atoms with Gasteiger partial charge >= 0.3 is 11.7 Å². The van der Waals surface area contributed by atoms with Gasteiger partial charge in [-0.15, -0.1) is 11.3 Å². The van der Waals surface area contributed by atoms with E-state index in [0.717, 1.165) is 15.5 Å². The van der Waals surface area contributed by atoms with Crippen LogP contribution in [0.5, 0.6) is 0 Å². The molecule has 0 unspecified atom stereocenters. The average Bonchev–Trinajstić information content (AvgIpc) is 3.35. The second-order valence-electron chi connectivity index (χ2n) is 8.05. The molecule has 32 heavy (non-hydrogen) atoms. The van der Waals surface area contributed by atoms with E-state index in [0.29, 0.717) is 28.4 Å². The molecule has 0 saturated carbocycles. The van der Waals surface area contributed by atoms with Gasteiger partial charge in [-0.25, -0.2) is 9.59 Å². The van der Waals surface area contributed by atoms with Crippen molar-refractivity contribution in [2.24, 2.45) is 13.0 Å². The van der Waals surface area contributed by atoms with Gasteiger partial charge in [-0.1, -0.05) is 13.8 Å². The first-order valence-electron chi connectivity index (χ1n) is 10.1. The van der Waals surface area contributed by atoms with E-state index in [9.17, 15) is 14.4 Å². The summed E-state index contributed by atoms with van der Waals surface area (Å²) in [6.45, 7) is 4.72. The topological polar surface area (TPSA) is 99.0 Å². The molecule has 4 rings (SSSR count). The Labute approximate surface area is 187 Å². The van der Waals surface area contributed by atoms with Crippen LogP contribution < -0.4 is 11.2 Å². The Kier molecular flexibility index (Phi) is 5.48. The number of ether oxygens (including phenoxy) is 1. The van der Waals surface area contributed by atoms with Crippen LogP contribution in [0.25, 0.3) is 21.1 Å². The number of fused-ring (bicyclic) bond motifs is 2. The first-order valence-corrected chi connectivity index (χ1v) is 10.9. The maximum absolute atomic E-state index is 13.0. The zero-order valence-corrected chi connectivity index (χ0v) is 19.0. The van der Waals surface area contributed by atoms with E-state index in [-0.39, 0.29) is 16.9 Å². The van der Waals surface area contributed by atoms with Crippen LogP contribution in [0, 0.1) is 17.2 Å². The first kappa shape index (κ1) is 21.6. The van der Waals surface area contributed by atoms with Crippen molar-refractivity contribution >= 4 is 38.4 Å². The number of nitrogens with zero attached hydrogens (tertiary/aromatic N) is 4. The molecule has 0 atom stereocenters. The van der Waals surface area contributed by atoms with Crippen LogP contribution in [0.1, 0.15) is 34.6 Å². The predicted octanol–water partition coefficient (Wildman–Crippen LogP) is 3.08. The molecule has 0 spiro atoms. The molecule has 0 N–H and O–H groups in total. The summed E-state index contributed by atoms with van der Waals surface area (Å²) in [4.78, 5) is 39.8. The smallest absolute Gasteiger partial charge is 0.339 e. The standard InChI is InChI=1S/C23H22N4O4S/c1-13(2)11-27-21-19(20(28)25(3)23(27)30)18(22(29)31-4)17(32-21)12-26-8-7-15-9-14(10-24)5-6-16(15)26/h5-9,13H,11-12H2,1-4H3. The Bertz CT molecular complexity index is 1530. The van der Waals surface area contributed by atoms with Gasteiger partial charge < -0.3 is 9.30 Å². The van der Waals surface area contributed by atoms with Crippen molar-refractivity contribution in [2.45, 2.75) is 26.9 Å². The number of rotatable bonds is 5. The molecular weight excluding hydrogens is 428 g/mol. The normalized spacial score (nSPS) is 11.4. The summed E-state index contributed by atoms with van der Waals surface area (Å²) in [7, 11) is 2.70. The van der Waals surface area contributed by atoms with Gasteiger partial charge in [0.2, 0.25) is 0 Å². The Hall–Kier alpha value is -3.64.